The van der Waals surface area contributed by atoms with Crippen molar-refractivity contribution in [2.75, 3.05) is 17.2 Å². The van der Waals surface area contributed by atoms with E-state index in [0.29, 0.717) is 12.4 Å². The third kappa shape index (κ3) is 4.60. The minimum Gasteiger partial charge on any atom is -0.477 e. The number of nitrogens with two attached hydrogens (primary N) is 1. The summed E-state index contributed by atoms with van der Waals surface area (Å²) in [5, 5.41) is 0. The molecule has 0 unspecified atom stereocenters. The first-order valence-electron chi connectivity index (χ1n) is 10.6. The molecule has 4 aromatic rings. The van der Waals surface area contributed by atoms with E-state index in [0.717, 1.165) is 10.5 Å². The Balaban J connectivity index is 1.85. The first-order chi connectivity index (χ1) is 16.5. The van der Waals surface area contributed by atoms with Crippen molar-refractivity contribution in [2.24, 2.45) is 0 Å². The standard InChI is InChI=1S/C24H23N5O5/c1-2-33-22-18(11-6-12-26-22)23(31)28(15-17-10-7-13-34-17)19-20(25)29(24(32)27-21(19)30)14-16-8-4-3-5-9-16/h3-13H,2,14-15,25H2,1H3,(H,27,30,32). The number of pyridine rings is 1. The van der Waals surface area contributed by atoms with Gasteiger partial charge in [-0.2, -0.15) is 0 Å². The van der Waals surface area contributed by atoms with Gasteiger partial charge in [-0.05, 0) is 36.8 Å². The number of carbonyl (C=O) groups excluding carboxylic acids is 1. The number of carbonyl (C=O) groups is 1. The molecule has 0 spiro atoms. The first kappa shape index (κ1) is 22.6. The van der Waals surface area contributed by atoms with E-state index < -0.39 is 17.2 Å². The van der Waals surface area contributed by atoms with Crippen LogP contribution in [0.1, 0.15) is 28.6 Å². The number of aromatic amines is 1. The smallest absolute Gasteiger partial charge is 0.330 e. The molecule has 0 saturated carbocycles. The van der Waals surface area contributed by atoms with Gasteiger partial charge in [0.25, 0.3) is 11.5 Å². The van der Waals surface area contributed by atoms with Gasteiger partial charge in [-0.15, -0.1) is 0 Å². The summed E-state index contributed by atoms with van der Waals surface area (Å²) in [6, 6.07) is 15.6. The Morgan fingerprint density at radius 2 is 1.94 bits per heavy atom. The average molecular weight is 461 g/mol. The van der Waals surface area contributed by atoms with Gasteiger partial charge in [-0.25, -0.2) is 9.78 Å². The van der Waals surface area contributed by atoms with Gasteiger partial charge in [0.15, 0.2) is 5.69 Å². The minimum absolute atomic E-state index is 0.106. The Morgan fingerprint density at radius 1 is 1.15 bits per heavy atom. The number of rotatable bonds is 8. The van der Waals surface area contributed by atoms with E-state index >= 15 is 0 Å². The van der Waals surface area contributed by atoms with Crippen LogP contribution >= 0.6 is 0 Å². The number of ether oxygens (including phenoxy) is 1. The van der Waals surface area contributed by atoms with Gasteiger partial charge in [-0.3, -0.25) is 24.0 Å². The molecule has 0 radical (unpaired) electrons. The van der Waals surface area contributed by atoms with Crippen molar-refractivity contribution < 1.29 is 13.9 Å². The van der Waals surface area contributed by atoms with Gasteiger partial charge in [0.05, 0.1) is 26.0 Å². The Bertz CT molecular complexity index is 1390. The van der Waals surface area contributed by atoms with E-state index in [9.17, 15) is 14.4 Å². The number of nitrogens with one attached hydrogen (secondary N) is 1. The van der Waals surface area contributed by atoms with Crippen LogP contribution in [-0.2, 0) is 13.1 Å². The number of amides is 1. The highest BCUT2D eigenvalue weighted by Gasteiger charge is 2.28. The molecule has 0 aliphatic heterocycles. The quantitative estimate of drug-likeness (QED) is 0.411. The highest BCUT2D eigenvalue weighted by Crippen LogP contribution is 2.25. The number of furan rings is 1. The molecule has 0 bridgehead atoms. The fraction of sp³-hybridized carbons (Fsp3) is 0.167. The number of H-pyrrole nitrogens is 1. The van der Waals surface area contributed by atoms with Gasteiger partial charge in [0.2, 0.25) is 5.88 Å². The van der Waals surface area contributed by atoms with Crippen molar-refractivity contribution in [1.29, 1.82) is 0 Å². The SMILES string of the molecule is CCOc1ncccc1C(=O)N(Cc1ccco1)c1c(N)n(Cc2ccccc2)c(=O)[nH]c1=O. The lowest BCUT2D eigenvalue weighted by Gasteiger charge is -2.24. The molecule has 0 fully saturated rings. The third-order valence-corrected chi connectivity index (χ3v) is 5.09. The summed E-state index contributed by atoms with van der Waals surface area (Å²) in [4.78, 5) is 46.8. The second-order valence-electron chi connectivity index (χ2n) is 7.32. The molecule has 1 aromatic carbocycles. The highest BCUT2D eigenvalue weighted by molar-refractivity contribution is 6.08. The number of aromatic nitrogens is 3. The van der Waals surface area contributed by atoms with Crippen LogP contribution in [0.4, 0.5) is 11.5 Å². The predicted molar refractivity (Wildman–Crippen MR) is 126 cm³/mol. The van der Waals surface area contributed by atoms with Crippen molar-refractivity contribution >= 4 is 17.4 Å². The molecule has 0 aliphatic rings. The van der Waals surface area contributed by atoms with Crippen LogP contribution in [0.3, 0.4) is 0 Å². The fourth-order valence-electron chi connectivity index (χ4n) is 3.52. The summed E-state index contributed by atoms with van der Waals surface area (Å²) in [6.45, 7) is 2.06. The van der Waals surface area contributed by atoms with Gasteiger partial charge >= 0.3 is 5.69 Å². The summed E-state index contributed by atoms with van der Waals surface area (Å²) in [7, 11) is 0. The molecule has 3 heterocycles. The number of benzene rings is 1. The number of nitrogens with zero attached hydrogens (tertiary/aromatic N) is 3. The Hall–Kier alpha value is -4.60. The van der Waals surface area contributed by atoms with E-state index in [1.807, 2.05) is 30.3 Å². The van der Waals surface area contributed by atoms with Crippen LogP contribution in [0, 0.1) is 0 Å². The number of nitrogen functional groups attached to an aromatic ring is 1. The van der Waals surface area contributed by atoms with Crippen molar-refractivity contribution in [3.05, 3.63) is 105 Å². The maximum atomic E-state index is 13.7. The van der Waals surface area contributed by atoms with Gasteiger partial charge < -0.3 is 14.9 Å². The van der Waals surface area contributed by atoms with Crippen LogP contribution in [0.25, 0.3) is 0 Å². The molecule has 0 saturated heterocycles. The zero-order valence-electron chi connectivity index (χ0n) is 18.4. The van der Waals surface area contributed by atoms with Gasteiger partial charge in [0, 0.05) is 6.20 Å². The monoisotopic (exact) mass is 461 g/mol. The summed E-state index contributed by atoms with van der Waals surface area (Å²) in [5.74, 6) is -0.212. The summed E-state index contributed by atoms with van der Waals surface area (Å²) in [6.07, 6.45) is 2.96. The number of anilines is 2. The lowest BCUT2D eigenvalue weighted by molar-refractivity contribution is 0.0978. The van der Waals surface area contributed by atoms with Crippen molar-refractivity contribution in [1.82, 2.24) is 14.5 Å². The van der Waals surface area contributed by atoms with Gasteiger partial charge in [-0.1, -0.05) is 30.3 Å². The molecule has 10 heteroatoms. The lowest BCUT2D eigenvalue weighted by atomic mass is 10.2. The normalized spacial score (nSPS) is 10.7. The van der Waals surface area contributed by atoms with Crippen molar-refractivity contribution in [3.63, 3.8) is 0 Å². The fourth-order valence-corrected chi connectivity index (χ4v) is 3.52. The van der Waals surface area contributed by atoms with E-state index in [1.54, 1.807) is 31.2 Å². The number of hydrogen-bond acceptors (Lipinski definition) is 7. The third-order valence-electron chi connectivity index (χ3n) is 5.09. The summed E-state index contributed by atoms with van der Waals surface area (Å²) in [5.41, 5.74) is 5.62. The first-order valence-corrected chi connectivity index (χ1v) is 10.6. The molecular formula is C24H23N5O5. The minimum atomic E-state index is -0.798. The van der Waals surface area contributed by atoms with Gasteiger partial charge in [0.1, 0.15) is 17.1 Å². The van der Waals surface area contributed by atoms with Crippen LogP contribution < -0.4 is 26.6 Å². The van der Waals surface area contributed by atoms with Crippen LogP contribution in [0.15, 0.2) is 81.1 Å². The van der Waals surface area contributed by atoms with E-state index in [1.165, 1.54) is 17.0 Å². The molecule has 4 rings (SSSR count). The van der Waals surface area contributed by atoms with Crippen LogP contribution in [-0.4, -0.2) is 27.0 Å². The molecule has 10 nitrogen and oxygen atoms in total. The molecule has 0 aliphatic carbocycles. The predicted octanol–water partition coefficient (Wildman–Crippen LogP) is 2.40. The molecule has 3 N–H and O–H groups in total. The number of hydrogen-bond donors (Lipinski definition) is 2. The van der Waals surface area contributed by atoms with Crippen molar-refractivity contribution in [2.45, 2.75) is 20.0 Å². The topological polar surface area (TPSA) is 136 Å². The molecular weight excluding hydrogens is 438 g/mol. The largest absolute Gasteiger partial charge is 0.477 e. The molecule has 174 valence electrons. The molecule has 34 heavy (non-hydrogen) atoms. The Kier molecular flexibility index (Phi) is 6.58. The zero-order valence-corrected chi connectivity index (χ0v) is 18.4. The second-order valence-corrected chi connectivity index (χ2v) is 7.32. The van der Waals surface area contributed by atoms with Crippen LogP contribution in [0.5, 0.6) is 5.88 Å². The van der Waals surface area contributed by atoms with Crippen LogP contribution in [0.2, 0.25) is 0 Å². The molecule has 1 amide bonds. The zero-order chi connectivity index (χ0) is 24.1. The molecule has 0 atom stereocenters. The maximum Gasteiger partial charge on any atom is 0.330 e. The lowest BCUT2D eigenvalue weighted by Crippen LogP contribution is -2.41. The Morgan fingerprint density at radius 3 is 2.65 bits per heavy atom. The maximum absolute atomic E-state index is 13.7. The van der Waals surface area contributed by atoms with E-state index in [4.69, 9.17) is 14.9 Å². The summed E-state index contributed by atoms with van der Waals surface area (Å²) >= 11 is 0. The Labute approximate surface area is 194 Å². The van der Waals surface area contributed by atoms with E-state index in [-0.39, 0.29) is 36.0 Å². The summed E-state index contributed by atoms with van der Waals surface area (Å²) < 4.78 is 12.1. The highest BCUT2D eigenvalue weighted by atomic mass is 16.5. The van der Waals surface area contributed by atoms with E-state index in [2.05, 4.69) is 9.97 Å². The average Bonchev–Trinajstić information content (AvgIpc) is 3.35. The second kappa shape index (κ2) is 9.90. The molecule has 3 aromatic heterocycles. The van der Waals surface area contributed by atoms with Crippen molar-refractivity contribution in [3.8, 4) is 5.88 Å².